The van der Waals surface area contributed by atoms with E-state index >= 15 is 0 Å². The number of rotatable bonds is 7. The molecule has 0 heterocycles. The van der Waals surface area contributed by atoms with E-state index in [1.54, 1.807) is 4.90 Å². The lowest BCUT2D eigenvalue weighted by Gasteiger charge is -2.17. The van der Waals surface area contributed by atoms with Crippen LogP contribution in [0.5, 0.6) is 0 Å². The van der Waals surface area contributed by atoms with Gasteiger partial charge in [0.05, 0.1) is 6.42 Å². The van der Waals surface area contributed by atoms with Crippen LogP contribution in [0.2, 0.25) is 0 Å². The number of hydrogen-bond donors (Lipinski definition) is 0. The molecule has 3 heteroatoms. The first kappa shape index (κ1) is 18.6. The lowest BCUT2D eigenvalue weighted by molar-refractivity contribution is -0.129. The molecule has 0 unspecified atom stereocenters. The molecule has 0 spiro atoms. The molecule has 0 bridgehead atoms. The van der Waals surface area contributed by atoms with Crippen molar-refractivity contribution in [1.82, 2.24) is 4.90 Å². The van der Waals surface area contributed by atoms with E-state index in [9.17, 15) is 9.59 Å². The molecule has 3 rings (SSSR count). The second-order valence-electron chi connectivity index (χ2n) is 6.63. The molecule has 0 N–H and O–H groups in total. The number of aldehydes is 1. The quantitative estimate of drug-likeness (QED) is 0.587. The SMILES string of the molecule is CN(CCc1ccccc1)C(=O)Cc1ccc(-c2ccccc2)c(C=O)c1. The third-order valence-corrected chi connectivity index (χ3v) is 4.69. The molecular weight excluding hydrogens is 334 g/mol. The zero-order chi connectivity index (χ0) is 19.1. The maximum absolute atomic E-state index is 12.5. The highest BCUT2D eigenvalue weighted by Crippen LogP contribution is 2.24. The topological polar surface area (TPSA) is 37.4 Å². The van der Waals surface area contributed by atoms with Crippen molar-refractivity contribution in [3.05, 3.63) is 95.6 Å². The normalized spacial score (nSPS) is 10.4. The lowest BCUT2D eigenvalue weighted by atomic mass is 9.97. The van der Waals surface area contributed by atoms with Crippen LogP contribution < -0.4 is 0 Å². The van der Waals surface area contributed by atoms with Gasteiger partial charge >= 0.3 is 0 Å². The van der Waals surface area contributed by atoms with Crippen LogP contribution in [0, 0.1) is 0 Å². The third kappa shape index (κ3) is 4.91. The van der Waals surface area contributed by atoms with Crippen LogP contribution in [0.4, 0.5) is 0 Å². The molecule has 3 nitrogen and oxygen atoms in total. The Morgan fingerprint density at radius 1 is 0.889 bits per heavy atom. The summed E-state index contributed by atoms with van der Waals surface area (Å²) < 4.78 is 0. The van der Waals surface area contributed by atoms with Crippen molar-refractivity contribution >= 4 is 12.2 Å². The Labute approximate surface area is 160 Å². The van der Waals surface area contributed by atoms with E-state index in [2.05, 4.69) is 12.1 Å². The second kappa shape index (κ2) is 8.95. The van der Waals surface area contributed by atoms with Crippen LogP contribution in [0.3, 0.4) is 0 Å². The van der Waals surface area contributed by atoms with Crippen LogP contribution in [0.25, 0.3) is 11.1 Å². The zero-order valence-corrected chi connectivity index (χ0v) is 15.5. The number of amides is 1. The molecule has 0 atom stereocenters. The molecule has 0 aliphatic heterocycles. The maximum Gasteiger partial charge on any atom is 0.226 e. The van der Waals surface area contributed by atoms with E-state index in [-0.39, 0.29) is 5.91 Å². The minimum absolute atomic E-state index is 0.0511. The van der Waals surface area contributed by atoms with Gasteiger partial charge in [0, 0.05) is 19.2 Å². The van der Waals surface area contributed by atoms with E-state index in [0.717, 1.165) is 29.4 Å². The highest BCUT2D eigenvalue weighted by Gasteiger charge is 2.12. The monoisotopic (exact) mass is 357 g/mol. The lowest BCUT2D eigenvalue weighted by Crippen LogP contribution is -2.30. The molecule has 27 heavy (non-hydrogen) atoms. The number of hydrogen-bond acceptors (Lipinski definition) is 2. The summed E-state index contributed by atoms with van der Waals surface area (Å²) in [5.74, 6) is 0.0511. The molecule has 3 aromatic rings. The summed E-state index contributed by atoms with van der Waals surface area (Å²) in [6, 6.07) is 25.6. The summed E-state index contributed by atoms with van der Waals surface area (Å²) >= 11 is 0. The van der Waals surface area contributed by atoms with Gasteiger partial charge in [-0.2, -0.15) is 0 Å². The standard InChI is InChI=1S/C24H23NO2/c1-25(15-14-19-8-4-2-5-9-19)24(27)17-20-12-13-23(22(16-20)18-26)21-10-6-3-7-11-21/h2-13,16,18H,14-15,17H2,1H3. The summed E-state index contributed by atoms with van der Waals surface area (Å²) in [7, 11) is 1.82. The minimum Gasteiger partial charge on any atom is -0.345 e. The van der Waals surface area contributed by atoms with Gasteiger partial charge in [0.15, 0.2) is 6.29 Å². The van der Waals surface area contributed by atoms with Crippen molar-refractivity contribution in [3.8, 4) is 11.1 Å². The maximum atomic E-state index is 12.5. The van der Waals surface area contributed by atoms with Crippen molar-refractivity contribution < 1.29 is 9.59 Å². The molecule has 0 fully saturated rings. The van der Waals surface area contributed by atoms with Gasteiger partial charge in [0.1, 0.15) is 0 Å². The van der Waals surface area contributed by atoms with Gasteiger partial charge in [0.2, 0.25) is 5.91 Å². The fraction of sp³-hybridized carbons (Fsp3) is 0.167. The number of carbonyl (C=O) groups is 2. The number of nitrogens with zero attached hydrogens (tertiary/aromatic N) is 1. The smallest absolute Gasteiger partial charge is 0.226 e. The van der Waals surface area contributed by atoms with Crippen LogP contribution in [-0.4, -0.2) is 30.7 Å². The highest BCUT2D eigenvalue weighted by molar-refractivity contribution is 5.88. The van der Waals surface area contributed by atoms with Crippen molar-refractivity contribution in [2.45, 2.75) is 12.8 Å². The predicted octanol–water partition coefficient (Wildman–Crippen LogP) is 4.41. The molecule has 0 radical (unpaired) electrons. The molecule has 0 aliphatic rings. The summed E-state index contributed by atoms with van der Waals surface area (Å²) in [5.41, 5.74) is 4.57. The number of likely N-dealkylation sites (N-methyl/N-ethyl adjacent to an activating group) is 1. The molecule has 3 aromatic carbocycles. The Morgan fingerprint density at radius 2 is 1.56 bits per heavy atom. The van der Waals surface area contributed by atoms with Gasteiger partial charge in [-0.05, 0) is 34.7 Å². The summed E-state index contributed by atoms with van der Waals surface area (Å²) in [4.78, 5) is 25.8. The Morgan fingerprint density at radius 3 is 2.22 bits per heavy atom. The molecule has 1 amide bonds. The van der Waals surface area contributed by atoms with E-state index in [1.807, 2.05) is 73.8 Å². The summed E-state index contributed by atoms with van der Waals surface area (Å²) in [6.07, 6.45) is 1.98. The highest BCUT2D eigenvalue weighted by atomic mass is 16.2. The van der Waals surface area contributed by atoms with Crippen molar-refractivity contribution in [1.29, 1.82) is 0 Å². The molecular formula is C24H23NO2. The molecule has 0 aromatic heterocycles. The fourth-order valence-corrected chi connectivity index (χ4v) is 3.08. The van der Waals surface area contributed by atoms with E-state index in [1.165, 1.54) is 5.56 Å². The van der Waals surface area contributed by atoms with Gasteiger partial charge in [-0.3, -0.25) is 9.59 Å². The van der Waals surface area contributed by atoms with Gasteiger partial charge in [0.25, 0.3) is 0 Å². The Bertz CT molecular complexity index is 904. The van der Waals surface area contributed by atoms with Gasteiger partial charge in [-0.1, -0.05) is 72.8 Å². The fourth-order valence-electron chi connectivity index (χ4n) is 3.08. The first-order valence-corrected chi connectivity index (χ1v) is 9.09. The van der Waals surface area contributed by atoms with Crippen molar-refractivity contribution in [2.24, 2.45) is 0 Å². The molecule has 0 saturated carbocycles. The second-order valence-corrected chi connectivity index (χ2v) is 6.63. The Hall–Kier alpha value is -3.20. The number of carbonyl (C=O) groups excluding carboxylic acids is 2. The average molecular weight is 357 g/mol. The zero-order valence-electron chi connectivity index (χ0n) is 15.5. The van der Waals surface area contributed by atoms with Gasteiger partial charge in [-0.25, -0.2) is 0 Å². The summed E-state index contributed by atoms with van der Waals surface area (Å²) in [6.45, 7) is 0.672. The molecule has 136 valence electrons. The van der Waals surface area contributed by atoms with Gasteiger partial charge < -0.3 is 4.90 Å². The van der Waals surface area contributed by atoms with Gasteiger partial charge in [-0.15, -0.1) is 0 Å². The molecule has 0 aliphatic carbocycles. The first-order valence-electron chi connectivity index (χ1n) is 9.09. The first-order chi connectivity index (χ1) is 13.2. The molecule has 0 saturated heterocycles. The van der Waals surface area contributed by atoms with E-state index in [0.29, 0.717) is 18.5 Å². The Kier molecular flexibility index (Phi) is 6.16. The summed E-state index contributed by atoms with van der Waals surface area (Å²) in [5, 5.41) is 0. The average Bonchev–Trinajstić information content (AvgIpc) is 2.73. The minimum atomic E-state index is 0.0511. The number of benzene rings is 3. The van der Waals surface area contributed by atoms with Crippen molar-refractivity contribution in [3.63, 3.8) is 0 Å². The van der Waals surface area contributed by atoms with Crippen LogP contribution in [0.15, 0.2) is 78.9 Å². The van der Waals surface area contributed by atoms with Crippen LogP contribution in [0.1, 0.15) is 21.5 Å². The van der Waals surface area contributed by atoms with Crippen molar-refractivity contribution in [2.75, 3.05) is 13.6 Å². The van der Waals surface area contributed by atoms with Crippen LogP contribution in [-0.2, 0) is 17.6 Å². The van der Waals surface area contributed by atoms with E-state index in [4.69, 9.17) is 0 Å². The predicted molar refractivity (Wildman–Crippen MR) is 109 cm³/mol. The van der Waals surface area contributed by atoms with Crippen LogP contribution >= 0.6 is 0 Å². The van der Waals surface area contributed by atoms with E-state index < -0.39 is 0 Å². The third-order valence-electron chi connectivity index (χ3n) is 4.69. The Balaban J connectivity index is 1.66. The largest absolute Gasteiger partial charge is 0.345 e.